The Morgan fingerprint density at radius 2 is 1.81 bits per heavy atom. The van der Waals surface area contributed by atoms with Gasteiger partial charge in [0.15, 0.2) is 0 Å². The Labute approximate surface area is 154 Å². The highest BCUT2D eigenvalue weighted by Crippen LogP contribution is 2.14. The van der Waals surface area contributed by atoms with Crippen molar-refractivity contribution in [3.8, 4) is 5.75 Å². The molecule has 0 atom stereocenters. The molecule has 0 radical (unpaired) electrons. The first-order chi connectivity index (χ1) is 12.5. The molecule has 0 heterocycles. The summed E-state index contributed by atoms with van der Waals surface area (Å²) in [7, 11) is 1.62. The van der Waals surface area contributed by atoms with Crippen LogP contribution in [0.4, 0.5) is 5.69 Å². The van der Waals surface area contributed by atoms with Gasteiger partial charge >= 0.3 is 0 Å². The Morgan fingerprint density at radius 1 is 1.08 bits per heavy atom. The first kappa shape index (κ1) is 19.5. The van der Waals surface area contributed by atoms with Crippen molar-refractivity contribution in [2.24, 2.45) is 5.92 Å². The molecule has 2 N–H and O–H groups in total. The summed E-state index contributed by atoms with van der Waals surface area (Å²) in [5.41, 5.74) is 2.24. The Kier molecular flexibility index (Phi) is 7.21. The zero-order valence-electron chi connectivity index (χ0n) is 15.5. The van der Waals surface area contributed by atoms with E-state index in [1.54, 1.807) is 31.4 Å². The van der Waals surface area contributed by atoms with Crippen LogP contribution in [0.2, 0.25) is 0 Å². The molecule has 0 saturated carbocycles. The summed E-state index contributed by atoms with van der Waals surface area (Å²) in [6.07, 6.45) is 1.01. The highest BCUT2D eigenvalue weighted by atomic mass is 16.5. The van der Waals surface area contributed by atoms with Gasteiger partial charge in [-0.15, -0.1) is 0 Å². The molecule has 5 nitrogen and oxygen atoms in total. The number of rotatable bonds is 8. The van der Waals surface area contributed by atoms with Crippen molar-refractivity contribution in [3.63, 3.8) is 0 Å². The van der Waals surface area contributed by atoms with Crippen LogP contribution in [0.15, 0.2) is 48.5 Å². The lowest BCUT2D eigenvalue weighted by Crippen LogP contribution is -2.27. The second kappa shape index (κ2) is 9.61. The van der Waals surface area contributed by atoms with Gasteiger partial charge in [0.2, 0.25) is 5.91 Å². The predicted molar refractivity (Wildman–Crippen MR) is 104 cm³/mol. The normalized spacial score (nSPS) is 10.5. The third-order valence-electron chi connectivity index (χ3n) is 3.88. The van der Waals surface area contributed by atoms with Crippen molar-refractivity contribution in [1.82, 2.24) is 5.32 Å². The van der Waals surface area contributed by atoms with Crippen molar-refractivity contribution >= 4 is 17.5 Å². The maximum absolute atomic E-state index is 12.2. The maximum Gasteiger partial charge on any atom is 0.251 e. The van der Waals surface area contributed by atoms with Gasteiger partial charge in [0.05, 0.1) is 7.11 Å². The van der Waals surface area contributed by atoms with Crippen LogP contribution in [0.5, 0.6) is 5.75 Å². The SMILES string of the molecule is COc1ccc(CCC(=O)Nc2cccc(C(=O)NCC(C)C)c2)cc1. The fraction of sp³-hybridized carbons (Fsp3) is 0.333. The van der Waals surface area contributed by atoms with E-state index in [1.165, 1.54) is 0 Å². The first-order valence-electron chi connectivity index (χ1n) is 8.79. The zero-order chi connectivity index (χ0) is 18.9. The molecule has 0 saturated heterocycles. The standard InChI is InChI=1S/C21H26N2O3/c1-15(2)14-22-21(25)17-5-4-6-18(13-17)23-20(24)12-9-16-7-10-19(26-3)11-8-16/h4-8,10-11,13,15H,9,12,14H2,1-3H3,(H,22,25)(H,23,24). The molecule has 2 amide bonds. The summed E-state index contributed by atoms with van der Waals surface area (Å²) >= 11 is 0. The minimum Gasteiger partial charge on any atom is -0.497 e. The third-order valence-corrected chi connectivity index (χ3v) is 3.88. The highest BCUT2D eigenvalue weighted by Gasteiger charge is 2.08. The molecule has 0 aliphatic rings. The number of carbonyl (C=O) groups excluding carboxylic acids is 2. The Hall–Kier alpha value is -2.82. The number of carbonyl (C=O) groups is 2. The van der Waals surface area contributed by atoms with Crippen LogP contribution in [-0.2, 0) is 11.2 Å². The van der Waals surface area contributed by atoms with Crippen LogP contribution in [-0.4, -0.2) is 25.5 Å². The zero-order valence-corrected chi connectivity index (χ0v) is 15.5. The van der Waals surface area contributed by atoms with E-state index in [-0.39, 0.29) is 11.8 Å². The second-order valence-electron chi connectivity index (χ2n) is 6.58. The lowest BCUT2D eigenvalue weighted by atomic mass is 10.1. The molecule has 0 unspecified atom stereocenters. The van der Waals surface area contributed by atoms with Gasteiger partial charge in [0.25, 0.3) is 5.91 Å². The first-order valence-corrected chi connectivity index (χ1v) is 8.79. The van der Waals surface area contributed by atoms with Gasteiger partial charge in [-0.1, -0.05) is 32.0 Å². The van der Waals surface area contributed by atoms with Crippen LogP contribution in [0.3, 0.4) is 0 Å². The molecule has 26 heavy (non-hydrogen) atoms. The van der Waals surface area contributed by atoms with E-state index in [9.17, 15) is 9.59 Å². The fourth-order valence-electron chi connectivity index (χ4n) is 2.41. The van der Waals surface area contributed by atoms with Gasteiger partial charge in [-0.2, -0.15) is 0 Å². The quantitative estimate of drug-likeness (QED) is 0.760. The van der Waals surface area contributed by atoms with E-state index in [0.29, 0.717) is 36.6 Å². The molecule has 2 rings (SSSR count). The monoisotopic (exact) mass is 354 g/mol. The molecule has 0 aliphatic carbocycles. The minimum absolute atomic E-state index is 0.0828. The van der Waals surface area contributed by atoms with Crippen molar-refractivity contribution < 1.29 is 14.3 Å². The molecule has 0 aromatic heterocycles. The topological polar surface area (TPSA) is 67.4 Å². The molecule has 0 spiro atoms. The van der Waals surface area contributed by atoms with Crippen molar-refractivity contribution in [1.29, 1.82) is 0 Å². The lowest BCUT2D eigenvalue weighted by molar-refractivity contribution is -0.116. The van der Waals surface area contributed by atoms with E-state index in [1.807, 2.05) is 38.1 Å². The van der Waals surface area contributed by atoms with Crippen LogP contribution in [0.25, 0.3) is 0 Å². The average molecular weight is 354 g/mol. The molecule has 5 heteroatoms. The second-order valence-corrected chi connectivity index (χ2v) is 6.58. The number of hydrogen-bond donors (Lipinski definition) is 2. The van der Waals surface area contributed by atoms with E-state index < -0.39 is 0 Å². The highest BCUT2D eigenvalue weighted by molar-refractivity contribution is 5.97. The minimum atomic E-state index is -0.131. The number of methoxy groups -OCH3 is 1. The third kappa shape index (κ3) is 6.24. The Morgan fingerprint density at radius 3 is 2.46 bits per heavy atom. The molecule has 138 valence electrons. The van der Waals surface area contributed by atoms with Crippen LogP contribution in [0, 0.1) is 5.92 Å². The lowest BCUT2D eigenvalue weighted by Gasteiger charge is -2.10. The Bertz CT molecular complexity index is 739. The molecule has 2 aromatic rings. The molecular weight excluding hydrogens is 328 g/mol. The Balaban J connectivity index is 1.87. The molecular formula is C21H26N2O3. The van der Waals surface area contributed by atoms with Gasteiger partial charge in [-0.05, 0) is 48.2 Å². The molecule has 0 aliphatic heterocycles. The summed E-state index contributed by atoms with van der Waals surface area (Å²) in [4.78, 5) is 24.3. The summed E-state index contributed by atoms with van der Waals surface area (Å²) in [5, 5.41) is 5.72. The molecule has 2 aromatic carbocycles. The van der Waals surface area contributed by atoms with Crippen molar-refractivity contribution in [2.75, 3.05) is 19.0 Å². The number of amides is 2. The smallest absolute Gasteiger partial charge is 0.251 e. The number of aryl methyl sites for hydroxylation is 1. The number of ether oxygens (including phenoxy) is 1. The number of benzene rings is 2. The van der Waals surface area contributed by atoms with Crippen LogP contribution >= 0.6 is 0 Å². The van der Waals surface area contributed by atoms with Gasteiger partial charge in [-0.3, -0.25) is 9.59 Å². The molecule has 0 bridgehead atoms. The number of hydrogen-bond acceptors (Lipinski definition) is 3. The summed E-state index contributed by atoms with van der Waals surface area (Å²) in [6, 6.07) is 14.6. The predicted octanol–water partition coefficient (Wildman–Crippen LogP) is 3.65. The van der Waals surface area contributed by atoms with Crippen molar-refractivity contribution in [3.05, 3.63) is 59.7 Å². The number of anilines is 1. The van der Waals surface area contributed by atoms with E-state index in [4.69, 9.17) is 4.74 Å². The fourth-order valence-corrected chi connectivity index (χ4v) is 2.41. The molecule has 0 fully saturated rings. The summed E-state index contributed by atoms with van der Waals surface area (Å²) in [5.74, 6) is 0.971. The number of nitrogens with one attached hydrogen (secondary N) is 2. The maximum atomic E-state index is 12.2. The average Bonchev–Trinajstić information content (AvgIpc) is 2.65. The van der Waals surface area contributed by atoms with E-state index in [0.717, 1.165) is 11.3 Å². The van der Waals surface area contributed by atoms with E-state index in [2.05, 4.69) is 10.6 Å². The largest absolute Gasteiger partial charge is 0.497 e. The van der Waals surface area contributed by atoms with Gasteiger partial charge in [0.1, 0.15) is 5.75 Å². The van der Waals surface area contributed by atoms with Crippen LogP contribution in [0.1, 0.15) is 36.2 Å². The van der Waals surface area contributed by atoms with Gasteiger partial charge in [0, 0.05) is 24.2 Å². The van der Waals surface area contributed by atoms with Gasteiger partial charge in [-0.25, -0.2) is 0 Å². The van der Waals surface area contributed by atoms with Crippen molar-refractivity contribution in [2.45, 2.75) is 26.7 Å². The summed E-state index contributed by atoms with van der Waals surface area (Å²) in [6.45, 7) is 4.71. The van der Waals surface area contributed by atoms with E-state index >= 15 is 0 Å². The van der Waals surface area contributed by atoms with Gasteiger partial charge < -0.3 is 15.4 Å². The summed E-state index contributed by atoms with van der Waals surface area (Å²) < 4.78 is 5.12. The van der Waals surface area contributed by atoms with Crippen LogP contribution < -0.4 is 15.4 Å².